The molecule has 1 aliphatic carbocycles. The molecule has 1 saturated heterocycles. The van der Waals surface area contributed by atoms with E-state index in [4.69, 9.17) is 15.2 Å². The van der Waals surface area contributed by atoms with Crippen molar-refractivity contribution in [3.8, 4) is 22.6 Å². The number of amides is 1. The van der Waals surface area contributed by atoms with Crippen molar-refractivity contribution >= 4 is 16.8 Å². The van der Waals surface area contributed by atoms with Crippen molar-refractivity contribution in [2.75, 3.05) is 27.3 Å². The molecule has 0 bridgehead atoms. The number of rotatable bonds is 7. The molecule has 3 N–H and O–H groups in total. The van der Waals surface area contributed by atoms with Gasteiger partial charge in [0.2, 0.25) is 5.91 Å². The molecule has 1 atom stereocenters. The lowest BCUT2D eigenvalue weighted by molar-refractivity contribution is -0.134. The Kier molecular flexibility index (Phi) is 6.50. The maximum Gasteiger partial charge on any atom is 0.239 e. The molecule has 1 aliphatic heterocycles. The average molecular weight is 462 g/mol. The third-order valence-electron chi connectivity index (χ3n) is 7.73. The molecule has 34 heavy (non-hydrogen) atoms. The zero-order chi connectivity index (χ0) is 23.7. The number of benzene rings is 2. The average Bonchev–Trinajstić information content (AvgIpc) is 3.28. The summed E-state index contributed by atoms with van der Waals surface area (Å²) in [5.74, 6) is 2.69. The molecular weight excluding hydrogens is 426 g/mol. The third kappa shape index (κ3) is 4.51. The minimum Gasteiger partial charge on any atom is -0.493 e. The fraction of sp³-hybridized carbons (Fsp3) is 0.464. The largest absolute Gasteiger partial charge is 0.493 e. The van der Waals surface area contributed by atoms with Gasteiger partial charge in [0.1, 0.15) is 0 Å². The van der Waals surface area contributed by atoms with E-state index in [1.54, 1.807) is 14.2 Å². The van der Waals surface area contributed by atoms with Crippen LogP contribution in [0.1, 0.15) is 50.1 Å². The summed E-state index contributed by atoms with van der Waals surface area (Å²) in [7, 11) is 3.30. The Hall–Kier alpha value is -2.99. The summed E-state index contributed by atoms with van der Waals surface area (Å²) in [6.45, 7) is 1.57. The predicted octanol–water partition coefficient (Wildman–Crippen LogP) is 5.08. The number of hydrogen-bond donors (Lipinski definition) is 2. The molecule has 2 heterocycles. The number of H-pyrrole nitrogens is 1. The molecule has 1 aromatic heterocycles. The van der Waals surface area contributed by atoms with Gasteiger partial charge in [-0.25, -0.2) is 0 Å². The van der Waals surface area contributed by atoms with Crippen molar-refractivity contribution in [1.29, 1.82) is 0 Å². The van der Waals surface area contributed by atoms with E-state index < -0.39 is 0 Å². The number of aromatic amines is 1. The molecule has 2 aromatic carbocycles. The number of nitrogens with zero attached hydrogens (tertiary/aromatic N) is 1. The first-order valence-electron chi connectivity index (χ1n) is 12.4. The van der Waals surface area contributed by atoms with Gasteiger partial charge in [-0.05, 0) is 66.6 Å². The van der Waals surface area contributed by atoms with E-state index in [0.717, 1.165) is 60.5 Å². The van der Waals surface area contributed by atoms with Crippen LogP contribution in [0.4, 0.5) is 0 Å². The van der Waals surface area contributed by atoms with Crippen LogP contribution in [0.3, 0.4) is 0 Å². The Bertz CT molecular complexity index is 1160. The standard InChI is InChI=1S/C28H35N3O3/c1-33-26-9-7-21(17-27(26)34-2)20-6-8-24-22(15-20)16-25(30-24)19-10-12-31(13-11-19)28(32)23(29)14-18-4-3-5-18/h6-9,15-19,23,30H,3-5,10-14,29H2,1-2H3/t23-/m0/s1. The second-order valence-corrected chi connectivity index (χ2v) is 9.84. The summed E-state index contributed by atoms with van der Waals surface area (Å²) >= 11 is 0. The van der Waals surface area contributed by atoms with E-state index in [9.17, 15) is 4.79 Å². The van der Waals surface area contributed by atoms with Gasteiger partial charge in [-0.2, -0.15) is 0 Å². The van der Waals surface area contributed by atoms with Crippen LogP contribution in [0, 0.1) is 5.92 Å². The van der Waals surface area contributed by atoms with Crippen LogP contribution in [0.2, 0.25) is 0 Å². The van der Waals surface area contributed by atoms with Crippen molar-refractivity contribution in [2.24, 2.45) is 11.7 Å². The van der Waals surface area contributed by atoms with Crippen molar-refractivity contribution in [3.05, 3.63) is 48.2 Å². The Labute approximate surface area is 201 Å². The normalized spacial score (nSPS) is 18.0. The summed E-state index contributed by atoms with van der Waals surface area (Å²) in [4.78, 5) is 18.4. The van der Waals surface area contributed by atoms with Crippen LogP contribution in [-0.2, 0) is 4.79 Å². The molecule has 6 nitrogen and oxygen atoms in total. The van der Waals surface area contributed by atoms with Gasteiger partial charge in [-0.1, -0.05) is 31.4 Å². The molecular formula is C28H35N3O3. The van der Waals surface area contributed by atoms with Gasteiger partial charge in [0.25, 0.3) is 0 Å². The Morgan fingerprint density at radius 1 is 1.00 bits per heavy atom. The SMILES string of the molecule is COc1ccc(-c2ccc3[nH]c(C4CCN(C(=O)[C@@H](N)CC5CCC5)CC4)cc3c2)cc1OC. The highest BCUT2D eigenvalue weighted by Gasteiger charge is 2.30. The summed E-state index contributed by atoms with van der Waals surface area (Å²) in [5.41, 5.74) is 10.9. The van der Waals surface area contributed by atoms with Crippen LogP contribution in [0.25, 0.3) is 22.0 Å². The third-order valence-corrected chi connectivity index (χ3v) is 7.73. The van der Waals surface area contributed by atoms with Crippen molar-refractivity contribution < 1.29 is 14.3 Å². The van der Waals surface area contributed by atoms with Crippen LogP contribution in [0.5, 0.6) is 11.5 Å². The van der Waals surface area contributed by atoms with Gasteiger partial charge in [0.15, 0.2) is 11.5 Å². The zero-order valence-corrected chi connectivity index (χ0v) is 20.2. The van der Waals surface area contributed by atoms with E-state index in [2.05, 4.69) is 35.3 Å². The zero-order valence-electron chi connectivity index (χ0n) is 20.2. The summed E-state index contributed by atoms with van der Waals surface area (Å²) in [5, 5.41) is 1.20. The number of carbonyl (C=O) groups excluding carboxylic acids is 1. The number of nitrogens with one attached hydrogen (secondary N) is 1. The van der Waals surface area contributed by atoms with Crippen LogP contribution in [0.15, 0.2) is 42.5 Å². The molecule has 2 fully saturated rings. The predicted molar refractivity (Wildman–Crippen MR) is 135 cm³/mol. The number of aromatic nitrogens is 1. The first-order valence-corrected chi connectivity index (χ1v) is 12.4. The minimum atomic E-state index is -0.329. The van der Waals surface area contributed by atoms with Gasteiger partial charge >= 0.3 is 0 Å². The Balaban J connectivity index is 1.26. The van der Waals surface area contributed by atoms with Crippen molar-refractivity contribution in [3.63, 3.8) is 0 Å². The molecule has 6 heteroatoms. The summed E-state index contributed by atoms with van der Waals surface area (Å²) < 4.78 is 10.8. The smallest absolute Gasteiger partial charge is 0.239 e. The van der Waals surface area contributed by atoms with Crippen molar-refractivity contribution in [2.45, 2.75) is 50.5 Å². The van der Waals surface area contributed by atoms with Crippen LogP contribution in [-0.4, -0.2) is 49.1 Å². The fourth-order valence-electron chi connectivity index (χ4n) is 5.40. The van der Waals surface area contributed by atoms with E-state index in [0.29, 0.717) is 11.8 Å². The minimum absolute atomic E-state index is 0.140. The molecule has 1 amide bonds. The number of nitrogens with two attached hydrogens (primary N) is 1. The molecule has 180 valence electrons. The molecule has 1 saturated carbocycles. The monoisotopic (exact) mass is 461 g/mol. The Morgan fingerprint density at radius 2 is 1.71 bits per heavy atom. The van der Waals surface area contributed by atoms with Crippen LogP contribution >= 0.6 is 0 Å². The fourth-order valence-corrected chi connectivity index (χ4v) is 5.40. The quantitative estimate of drug-likeness (QED) is 0.514. The van der Waals surface area contributed by atoms with E-state index >= 15 is 0 Å². The number of fused-ring (bicyclic) bond motifs is 1. The lowest BCUT2D eigenvalue weighted by atomic mass is 9.80. The second-order valence-electron chi connectivity index (χ2n) is 9.84. The number of piperidine rings is 1. The highest BCUT2D eigenvalue weighted by Crippen LogP contribution is 2.35. The van der Waals surface area contributed by atoms with Crippen molar-refractivity contribution in [1.82, 2.24) is 9.88 Å². The van der Waals surface area contributed by atoms with E-state index in [1.807, 2.05) is 17.0 Å². The molecule has 2 aliphatic rings. The maximum atomic E-state index is 12.8. The number of carbonyl (C=O) groups is 1. The highest BCUT2D eigenvalue weighted by molar-refractivity contribution is 5.86. The molecule has 0 unspecified atom stereocenters. The van der Waals surface area contributed by atoms with E-state index in [-0.39, 0.29) is 11.9 Å². The van der Waals surface area contributed by atoms with Gasteiger partial charge in [0.05, 0.1) is 20.3 Å². The highest BCUT2D eigenvalue weighted by atomic mass is 16.5. The van der Waals surface area contributed by atoms with Gasteiger partial charge in [0, 0.05) is 35.6 Å². The molecule has 5 rings (SSSR count). The number of hydrogen-bond acceptors (Lipinski definition) is 4. The van der Waals surface area contributed by atoms with Crippen LogP contribution < -0.4 is 15.2 Å². The molecule has 3 aromatic rings. The summed E-state index contributed by atoms with van der Waals surface area (Å²) in [6.07, 6.45) is 6.54. The van der Waals surface area contributed by atoms with E-state index in [1.165, 1.54) is 30.3 Å². The lowest BCUT2D eigenvalue weighted by Gasteiger charge is -2.35. The van der Waals surface area contributed by atoms with Gasteiger partial charge in [-0.3, -0.25) is 4.79 Å². The summed E-state index contributed by atoms with van der Waals surface area (Å²) in [6, 6.07) is 14.4. The number of ether oxygens (including phenoxy) is 2. The maximum absolute atomic E-state index is 12.8. The first kappa shape index (κ1) is 22.8. The lowest BCUT2D eigenvalue weighted by Crippen LogP contribution is -2.48. The number of likely N-dealkylation sites (tertiary alicyclic amines) is 1. The molecule has 0 radical (unpaired) electrons. The Morgan fingerprint density at radius 3 is 2.38 bits per heavy atom. The second kappa shape index (κ2) is 9.71. The van der Waals surface area contributed by atoms with Gasteiger partial charge in [-0.15, -0.1) is 0 Å². The topological polar surface area (TPSA) is 80.6 Å². The number of methoxy groups -OCH3 is 2. The molecule has 0 spiro atoms. The van der Waals surface area contributed by atoms with Gasteiger partial charge < -0.3 is 25.1 Å². The first-order chi connectivity index (χ1) is 16.6.